The summed E-state index contributed by atoms with van der Waals surface area (Å²) < 4.78 is 0. The highest BCUT2D eigenvalue weighted by Gasteiger charge is 2.11. The van der Waals surface area contributed by atoms with E-state index in [1.807, 2.05) is 32.0 Å². The lowest BCUT2D eigenvalue weighted by molar-refractivity contribution is 0.0946. The zero-order valence-corrected chi connectivity index (χ0v) is 16.0. The molecule has 138 valence electrons. The third kappa shape index (κ3) is 5.28. The highest BCUT2D eigenvalue weighted by molar-refractivity contribution is 6.31. The number of halogens is 1. The molecule has 3 rings (SSSR count). The Kier molecular flexibility index (Phi) is 6.04. The standard InChI is InChI=1S/C21H21ClN4O/c1-14-7-9-16(10-8-14)12-24-21-25-15(2)11-19(26-21)20(27)23-13-17-5-3-4-6-18(17)22/h3-11H,12-13H2,1-2H3,(H,23,27)(H,24,25,26). The van der Waals surface area contributed by atoms with E-state index < -0.39 is 0 Å². The van der Waals surface area contributed by atoms with Gasteiger partial charge in [0.2, 0.25) is 5.95 Å². The molecule has 0 fully saturated rings. The van der Waals surface area contributed by atoms with Crippen molar-refractivity contribution >= 4 is 23.5 Å². The van der Waals surface area contributed by atoms with Gasteiger partial charge in [-0.3, -0.25) is 4.79 Å². The van der Waals surface area contributed by atoms with Crippen molar-refractivity contribution in [3.05, 3.63) is 87.7 Å². The zero-order valence-electron chi connectivity index (χ0n) is 15.3. The van der Waals surface area contributed by atoms with Crippen LogP contribution >= 0.6 is 11.6 Å². The minimum Gasteiger partial charge on any atom is -0.350 e. The highest BCUT2D eigenvalue weighted by atomic mass is 35.5. The molecule has 1 amide bonds. The molecule has 0 aliphatic heterocycles. The van der Waals surface area contributed by atoms with E-state index in [4.69, 9.17) is 11.6 Å². The number of nitrogens with one attached hydrogen (secondary N) is 2. The van der Waals surface area contributed by atoms with Crippen LogP contribution in [0.2, 0.25) is 5.02 Å². The quantitative estimate of drug-likeness (QED) is 0.669. The van der Waals surface area contributed by atoms with Crippen LogP contribution in [0.25, 0.3) is 0 Å². The Bertz CT molecular complexity index is 941. The van der Waals surface area contributed by atoms with Crippen LogP contribution in [0.1, 0.15) is 32.9 Å². The molecule has 5 nitrogen and oxygen atoms in total. The Hall–Kier alpha value is -2.92. The Balaban J connectivity index is 1.66. The molecule has 0 aliphatic rings. The topological polar surface area (TPSA) is 66.9 Å². The van der Waals surface area contributed by atoms with Crippen LogP contribution in [0.3, 0.4) is 0 Å². The number of aromatic nitrogens is 2. The minimum atomic E-state index is -0.265. The molecule has 2 aromatic carbocycles. The second-order valence-electron chi connectivity index (χ2n) is 6.33. The molecule has 2 N–H and O–H groups in total. The molecule has 6 heteroatoms. The van der Waals surface area contributed by atoms with Crippen LogP contribution in [-0.4, -0.2) is 15.9 Å². The van der Waals surface area contributed by atoms with Crippen LogP contribution in [-0.2, 0) is 13.1 Å². The molecule has 0 saturated carbocycles. The molecular formula is C21H21ClN4O. The van der Waals surface area contributed by atoms with Crippen molar-refractivity contribution in [3.8, 4) is 0 Å². The largest absolute Gasteiger partial charge is 0.350 e. The Morgan fingerprint density at radius 3 is 2.48 bits per heavy atom. The molecule has 0 saturated heterocycles. The Labute approximate surface area is 163 Å². The van der Waals surface area contributed by atoms with Crippen molar-refractivity contribution in [3.63, 3.8) is 0 Å². The third-order valence-corrected chi connectivity index (χ3v) is 4.42. The van der Waals surface area contributed by atoms with Crippen molar-refractivity contribution < 1.29 is 4.79 Å². The Morgan fingerprint density at radius 1 is 1.00 bits per heavy atom. The van der Waals surface area contributed by atoms with Crippen molar-refractivity contribution in [1.29, 1.82) is 0 Å². The van der Waals surface area contributed by atoms with E-state index in [2.05, 4.69) is 44.9 Å². The number of benzene rings is 2. The lowest BCUT2D eigenvalue weighted by Crippen LogP contribution is -2.24. The van der Waals surface area contributed by atoms with Gasteiger partial charge in [0.1, 0.15) is 5.69 Å². The van der Waals surface area contributed by atoms with Gasteiger partial charge in [-0.25, -0.2) is 9.97 Å². The summed E-state index contributed by atoms with van der Waals surface area (Å²) in [6, 6.07) is 17.3. The summed E-state index contributed by atoms with van der Waals surface area (Å²) >= 11 is 6.13. The molecule has 0 radical (unpaired) electrons. The normalized spacial score (nSPS) is 10.5. The van der Waals surface area contributed by atoms with E-state index in [1.165, 1.54) is 5.56 Å². The van der Waals surface area contributed by atoms with E-state index >= 15 is 0 Å². The molecule has 0 atom stereocenters. The number of nitrogens with zero attached hydrogens (tertiary/aromatic N) is 2. The summed E-state index contributed by atoms with van der Waals surface area (Å²) in [7, 11) is 0. The van der Waals surface area contributed by atoms with Crippen molar-refractivity contribution in [2.45, 2.75) is 26.9 Å². The molecule has 27 heavy (non-hydrogen) atoms. The minimum absolute atomic E-state index is 0.265. The lowest BCUT2D eigenvalue weighted by atomic mass is 10.1. The van der Waals surface area contributed by atoms with E-state index in [0.717, 1.165) is 16.8 Å². The van der Waals surface area contributed by atoms with Crippen LogP contribution in [0.5, 0.6) is 0 Å². The summed E-state index contributed by atoms with van der Waals surface area (Å²) in [5.41, 5.74) is 4.23. The van der Waals surface area contributed by atoms with E-state index in [-0.39, 0.29) is 5.91 Å². The fraction of sp³-hybridized carbons (Fsp3) is 0.190. The van der Waals surface area contributed by atoms with E-state index in [0.29, 0.717) is 29.8 Å². The van der Waals surface area contributed by atoms with Gasteiger partial charge in [0.25, 0.3) is 5.91 Å². The van der Waals surface area contributed by atoms with Gasteiger partial charge in [-0.2, -0.15) is 0 Å². The molecule has 1 aromatic heterocycles. The average molecular weight is 381 g/mol. The van der Waals surface area contributed by atoms with Crippen LogP contribution in [0.4, 0.5) is 5.95 Å². The summed E-state index contributed by atoms with van der Waals surface area (Å²) in [6.07, 6.45) is 0. The van der Waals surface area contributed by atoms with Gasteiger partial charge < -0.3 is 10.6 Å². The number of hydrogen-bond acceptors (Lipinski definition) is 4. The van der Waals surface area contributed by atoms with Gasteiger partial charge in [-0.15, -0.1) is 0 Å². The summed E-state index contributed by atoms with van der Waals surface area (Å²) in [6.45, 7) is 4.82. The molecule has 0 spiro atoms. The summed E-state index contributed by atoms with van der Waals surface area (Å²) in [5, 5.41) is 6.65. The zero-order chi connectivity index (χ0) is 19.2. The molecule has 1 heterocycles. The van der Waals surface area contributed by atoms with Gasteiger partial charge in [0, 0.05) is 23.8 Å². The molecule has 0 unspecified atom stereocenters. The number of rotatable bonds is 6. The van der Waals surface area contributed by atoms with Crippen LogP contribution in [0.15, 0.2) is 54.6 Å². The van der Waals surface area contributed by atoms with Gasteiger partial charge in [-0.1, -0.05) is 59.6 Å². The number of anilines is 1. The van der Waals surface area contributed by atoms with E-state index in [9.17, 15) is 4.79 Å². The number of aryl methyl sites for hydroxylation is 2. The number of carbonyl (C=O) groups excluding carboxylic acids is 1. The average Bonchev–Trinajstić information content (AvgIpc) is 2.66. The Morgan fingerprint density at radius 2 is 1.74 bits per heavy atom. The number of carbonyl (C=O) groups is 1. The van der Waals surface area contributed by atoms with Gasteiger partial charge in [0.05, 0.1) is 0 Å². The van der Waals surface area contributed by atoms with Gasteiger partial charge in [0.15, 0.2) is 0 Å². The summed E-state index contributed by atoms with van der Waals surface area (Å²) in [4.78, 5) is 21.2. The number of hydrogen-bond donors (Lipinski definition) is 2. The van der Waals surface area contributed by atoms with Crippen molar-refractivity contribution in [2.75, 3.05) is 5.32 Å². The van der Waals surface area contributed by atoms with Gasteiger partial charge >= 0.3 is 0 Å². The maximum absolute atomic E-state index is 12.5. The fourth-order valence-corrected chi connectivity index (χ4v) is 2.76. The molecule has 0 aliphatic carbocycles. The van der Waals surface area contributed by atoms with Crippen LogP contribution < -0.4 is 10.6 Å². The fourth-order valence-electron chi connectivity index (χ4n) is 2.56. The second kappa shape index (κ2) is 8.64. The summed E-state index contributed by atoms with van der Waals surface area (Å²) in [5.74, 6) is 0.164. The monoisotopic (exact) mass is 380 g/mol. The van der Waals surface area contributed by atoms with Crippen LogP contribution in [0, 0.1) is 13.8 Å². The first kappa shape index (κ1) is 18.9. The first-order chi connectivity index (χ1) is 13.0. The predicted molar refractivity (Wildman–Crippen MR) is 108 cm³/mol. The molecule has 0 bridgehead atoms. The smallest absolute Gasteiger partial charge is 0.270 e. The first-order valence-electron chi connectivity index (χ1n) is 8.68. The number of amides is 1. The predicted octanol–water partition coefficient (Wildman–Crippen LogP) is 4.29. The van der Waals surface area contributed by atoms with Crippen molar-refractivity contribution in [2.24, 2.45) is 0 Å². The third-order valence-electron chi connectivity index (χ3n) is 4.06. The maximum Gasteiger partial charge on any atom is 0.270 e. The SMILES string of the molecule is Cc1ccc(CNc2nc(C)cc(C(=O)NCc3ccccc3Cl)n2)cc1. The van der Waals surface area contributed by atoms with Crippen molar-refractivity contribution in [1.82, 2.24) is 15.3 Å². The molecule has 3 aromatic rings. The van der Waals surface area contributed by atoms with E-state index in [1.54, 1.807) is 12.1 Å². The van der Waals surface area contributed by atoms with Gasteiger partial charge in [-0.05, 0) is 37.1 Å². The first-order valence-corrected chi connectivity index (χ1v) is 9.06. The lowest BCUT2D eigenvalue weighted by Gasteiger charge is -2.10. The molecular weight excluding hydrogens is 360 g/mol. The maximum atomic E-state index is 12.5. The second-order valence-corrected chi connectivity index (χ2v) is 6.74. The highest BCUT2D eigenvalue weighted by Crippen LogP contribution is 2.15.